The molecular weight excluding hydrogens is 456 g/mol. The van der Waals surface area contributed by atoms with Gasteiger partial charge >= 0.3 is 11.9 Å². The van der Waals surface area contributed by atoms with Gasteiger partial charge in [-0.05, 0) is 68.0 Å². The monoisotopic (exact) mass is 494 g/mol. The van der Waals surface area contributed by atoms with E-state index in [-0.39, 0.29) is 24.6 Å². The standard InChI is InChI=1S/C29H38N2O5/c1-2-3-4-5-18-34-25-15-10-22(11-16-25)29(33)36-26-13-6-21(7-14-26)8-17-28(32)35-20-23-9-12-24(30)19-27(23)31/h6-9,12-14,17,19,22,25H,2-5,10-11,15-16,18,20,30-31H2,1H3. The third-order valence-electron chi connectivity index (χ3n) is 6.41. The molecule has 0 amide bonds. The first kappa shape index (κ1) is 27.3. The summed E-state index contributed by atoms with van der Waals surface area (Å²) in [7, 11) is 0. The molecule has 7 nitrogen and oxygen atoms in total. The maximum atomic E-state index is 12.6. The summed E-state index contributed by atoms with van der Waals surface area (Å²) in [6, 6.07) is 12.1. The molecule has 2 aromatic rings. The number of nitrogen functional groups attached to an aromatic ring is 2. The van der Waals surface area contributed by atoms with E-state index in [4.69, 9.17) is 25.7 Å². The smallest absolute Gasteiger partial charge is 0.331 e. The molecule has 2 aromatic carbocycles. The molecule has 4 N–H and O–H groups in total. The van der Waals surface area contributed by atoms with Crippen LogP contribution in [0.2, 0.25) is 0 Å². The van der Waals surface area contributed by atoms with Crippen molar-refractivity contribution in [1.29, 1.82) is 0 Å². The molecule has 0 aliphatic heterocycles. The molecule has 0 aromatic heterocycles. The fourth-order valence-corrected chi connectivity index (χ4v) is 4.20. The lowest BCUT2D eigenvalue weighted by Crippen LogP contribution is -2.29. The molecule has 36 heavy (non-hydrogen) atoms. The molecule has 0 radical (unpaired) electrons. The lowest BCUT2D eigenvalue weighted by Gasteiger charge is -2.27. The van der Waals surface area contributed by atoms with Crippen molar-refractivity contribution >= 4 is 29.4 Å². The zero-order chi connectivity index (χ0) is 25.8. The van der Waals surface area contributed by atoms with E-state index >= 15 is 0 Å². The van der Waals surface area contributed by atoms with Crippen molar-refractivity contribution in [1.82, 2.24) is 0 Å². The van der Waals surface area contributed by atoms with Gasteiger partial charge in [-0.15, -0.1) is 0 Å². The number of esters is 2. The number of rotatable bonds is 12. The number of carbonyl (C=O) groups excluding carboxylic acids is 2. The van der Waals surface area contributed by atoms with Gasteiger partial charge in [0.2, 0.25) is 0 Å². The van der Waals surface area contributed by atoms with E-state index in [9.17, 15) is 9.59 Å². The van der Waals surface area contributed by atoms with Gasteiger partial charge in [-0.1, -0.05) is 44.4 Å². The van der Waals surface area contributed by atoms with Crippen molar-refractivity contribution in [3.63, 3.8) is 0 Å². The Hall–Kier alpha value is -3.32. The Morgan fingerprint density at radius 1 is 0.972 bits per heavy atom. The van der Waals surface area contributed by atoms with Crippen molar-refractivity contribution in [3.05, 3.63) is 59.7 Å². The summed E-state index contributed by atoms with van der Waals surface area (Å²) in [5.74, 6) is -0.269. The van der Waals surface area contributed by atoms with Crippen molar-refractivity contribution in [2.24, 2.45) is 5.92 Å². The molecular formula is C29H38N2O5. The van der Waals surface area contributed by atoms with E-state index in [0.717, 1.165) is 44.3 Å². The highest BCUT2D eigenvalue weighted by Gasteiger charge is 2.28. The van der Waals surface area contributed by atoms with Crippen LogP contribution in [0.5, 0.6) is 5.75 Å². The van der Waals surface area contributed by atoms with Crippen LogP contribution in [-0.4, -0.2) is 24.6 Å². The van der Waals surface area contributed by atoms with E-state index < -0.39 is 5.97 Å². The molecule has 1 fully saturated rings. The Kier molecular flexibility index (Phi) is 10.8. The number of hydrogen-bond donors (Lipinski definition) is 2. The van der Waals surface area contributed by atoms with Gasteiger partial charge in [0.05, 0.1) is 12.0 Å². The molecule has 7 heteroatoms. The van der Waals surface area contributed by atoms with Crippen LogP contribution in [0.1, 0.15) is 69.4 Å². The minimum absolute atomic E-state index is 0.0666. The number of hydrogen-bond acceptors (Lipinski definition) is 7. The number of ether oxygens (including phenoxy) is 3. The van der Waals surface area contributed by atoms with E-state index in [1.807, 2.05) is 0 Å². The van der Waals surface area contributed by atoms with Gasteiger partial charge in [0, 0.05) is 29.6 Å². The van der Waals surface area contributed by atoms with E-state index in [1.165, 1.54) is 25.3 Å². The Bertz CT molecular complexity index is 1010. The van der Waals surface area contributed by atoms with Gasteiger partial charge < -0.3 is 25.7 Å². The summed E-state index contributed by atoms with van der Waals surface area (Å²) < 4.78 is 16.8. The SMILES string of the molecule is CCCCCCOC1CCC(C(=O)Oc2ccc(C=CC(=O)OCc3ccc(N)cc3N)cc2)CC1. The van der Waals surface area contributed by atoms with Gasteiger partial charge in [-0.3, -0.25) is 4.79 Å². The Balaban J connectivity index is 1.37. The van der Waals surface area contributed by atoms with E-state index in [1.54, 1.807) is 48.5 Å². The second-order valence-electron chi connectivity index (χ2n) is 9.29. The van der Waals surface area contributed by atoms with Crippen LogP contribution >= 0.6 is 0 Å². The summed E-state index contributed by atoms with van der Waals surface area (Å²) in [6.45, 7) is 3.08. The third kappa shape index (κ3) is 9.04. The molecule has 0 bridgehead atoms. The second kappa shape index (κ2) is 14.3. The molecule has 0 unspecified atom stereocenters. The van der Waals surface area contributed by atoms with Gasteiger partial charge in [0.1, 0.15) is 12.4 Å². The largest absolute Gasteiger partial charge is 0.458 e. The first-order valence-corrected chi connectivity index (χ1v) is 12.9. The highest BCUT2D eigenvalue weighted by molar-refractivity contribution is 5.87. The van der Waals surface area contributed by atoms with Gasteiger partial charge in [0.15, 0.2) is 0 Å². The number of carbonyl (C=O) groups is 2. The number of nitrogens with two attached hydrogens (primary N) is 2. The number of benzene rings is 2. The maximum absolute atomic E-state index is 12.6. The number of anilines is 2. The predicted molar refractivity (Wildman–Crippen MR) is 142 cm³/mol. The lowest BCUT2D eigenvalue weighted by atomic mass is 9.87. The van der Waals surface area contributed by atoms with Crippen molar-refractivity contribution < 1.29 is 23.8 Å². The minimum Gasteiger partial charge on any atom is -0.458 e. The first-order chi connectivity index (χ1) is 17.4. The molecule has 1 aliphatic rings. The van der Waals surface area contributed by atoms with Crippen molar-refractivity contribution in [2.75, 3.05) is 18.1 Å². The summed E-state index contributed by atoms with van der Waals surface area (Å²) in [5.41, 5.74) is 14.1. The van der Waals surface area contributed by atoms with Crippen LogP contribution < -0.4 is 16.2 Å². The average Bonchev–Trinajstić information content (AvgIpc) is 2.88. The molecule has 0 saturated heterocycles. The van der Waals surface area contributed by atoms with Crippen LogP contribution in [0.25, 0.3) is 6.08 Å². The van der Waals surface area contributed by atoms with Crippen LogP contribution in [0.3, 0.4) is 0 Å². The Labute approximate surface area is 213 Å². The number of unbranched alkanes of at least 4 members (excludes halogenated alkanes) is 3. The zero-order valence-electron chi connectivity index (χ0n) is 21.1. The van der Waals surface area contributed by atoms with E-state index in [2.05, 4.69) is 6.92 Å². The summed E-state index contributed by atoms with van der Waals surface area (Å²) in [4.78, 5) is 24.6. The lowest BCUT2D eigenvalue weighted by molar-refractivity contribution is -0.141. The van der Waals surface area contributed by atoms with Crippen LogP contribution in [-0.2, 0) is 25.7 Å². The molecule has 1 aliphatic carbocycles. The second-order valence-corrected chi connectivity index (χ2v) is 9.29. The summed E-state index contributed by atoms with van der Waals surface area (Å²) in [5, 5.41) is 0. The van der Waals surface area contributed by atoms with Crippen LogP contribution in [0.4, 0.5) is 11.4 Å². The third-order valence-corrected chi connectivity index (χ3v) is 6.41. The van der Waals surface area contributed by atoms with Gasteiger partial charge in [-0.2, -0.15) is 0 Å². The van der Waals surface area contributed by atoms with Gasteiger partial charge in [0.25, 0.3) is 0 Å². The molecule has 1 saturated carbocycles. The highest BCUT2D eigenvalue weighted by atomic mass is 16.5. The first-order valence-electron chi connectivity index (χ1n) is 12.9. The van der Waals surface area contributed by atoms with Crippen LogP contribution in [0.15, 0.2) is 48.5 Å². The molecule has 0 atom stereocenters. The minimum atomic E-state index is -0.484. The fourth-order valence-electron chi connectivity index (χ4n) is 4.20. The normalized spacial score (nSPS) is 17.7. The maximum Gasteiger partial charge on any atom is 0.331 e. The van der Waals surface area contributed by atoms with Gasteiger partial charge in [-0.25, -0.2) is 4.79 Å². The Morgan fingerprint density at radius 3 is 2.42 bits per heavy atom. The predicted octanol–water partition coefficient (Wildman–Crippen LogP) is 5.67. The summed E-state index contributed by atoms with van der Waals surface area (Å²) in [6.07, 6.45) is 11.5. The fraction of sp³-hybridized carbons (Fsp3) is 0.448. The van der Waals surface area contributed by atoms with Crippen LogP contribution in [0, 0.1) is 5.92 Å². The quantitative estimate of drug-likeness (QED) is 0.128. The zero-order valence-corrected chi connectivity index (χ0v) is 21.1. The molecule has 0 heterocycles. The molecule has 194 valence electrons. The average molecular weight is 495 g/mol. The molecule has 0 spiro atoms. The topological polar surface area (TPSA) is 114 Å². The Morgan fingerprint density at radius 2 is 1.72 bits per heavy atom. The highest BCUT2D eigenvalue weighted by Crippen LogP contribution is 2.28. The summed E-state index contributed by atoms with van der Waals surface area (Å²) >= 11 is 0. The molecule has 3 rings (SSSR count). The van der Waals surface area contributed by atoms with E-state index in [0.29, 0.717) is 22.7 Å². The van der Waals surface area contributed by atoms with Crippen molar-refractivity contribution in [2.45, 2.75) is 71.0 Å². The van der Waals surface area contributed by atoms with Crippen molar-refractivity contribution in [3.8, 4) is 5.75 Å².